The minimum absolute atomic E-state index is 0.385. The molecule has 0 amide bonds. The van der Waals surface area contributed by atoms with Gasteiger partial charge < -0.3 is 4.42 Å². The lowest BCUT2D eigenvalue weighted by atomic mass is 10.0. The van der Waals surface area contributed by atoms with Gasteiger partial charge in [-0.1, -0.05) is 29.8 Å². The average molecular weight is 352 g/mol. The van der Waals surface area contributed by atoms with Gasteiger partial charge in [-0.3, -0.25) is 0 Å². The summed E-state index contributed by atoms with van der Waals surface area (Å²) in [6, 6.07) is 18.2. The van der Waals surface area contributed by atoms with Crippen LogP contribution in [0.1, 0.15) is 5.56 Å². The van der Waals surface area contributed by atoms with Gasteiger partial charge in [-0.05, 0) is 54.2 Å². The SMILES string of the molecule is Cc1ccc(-c2cc(-c3ccc(Cl)o3)cc(-c3ccsc3)n2)cc1. The quantitative estimate of drug-likeness (QED) is 0.410. The molecule has 24 heavy (non-hydrogen) atoms. The van der Waals surface area contributed by atoms with Crippen molar-refractivity contribution in [1.29, 1.82) is 0 Å². The molecule has 0 radical (unpaired) electrons. The van der Waals surface area contributed by atoms with E-state index in [1.807, 2.05) is 18.2 Å². The predicted molar refractivity (Wildman–Crippen MR) is 100 cm³/mol. The number of hydrogen-bond acceptors (Lipinski definition) is 3. The number of thiophene rings is 1. The van der Waals surface area contributed by atoms with Crippen molar-refractivity contribution in [1.82, 2.24) is 4.98 Å². The number of aryl methyl sites for hydroxylation is 1. The summed E-state index contributed by atoms with van der Waals surface area (Å²) in [5, 5.41) is 4.54. The summed E-state index contributed by atoms with van der Waals surface area (Å²) in [5.74, 6) is 0.743. The second-order valence-corrected chi connectivity index (χ2v) is 6.76. The van der Waals surface area contributed by atoms with Gasteiger partial charge in [-0.15, -0.1) is 0 Å². The molecule has 1 aromatic carbocycles. The fourth-order valence-electron chi connectivity index (χ4n) is 2.57. The monoisotopic (exact) mass is 351 g/mol. The van der Waals surface area contributed by atoms with Gasteiger partial charge in [0.05, 0.1) is 11.4 Å². The maximum atomic E-state index is 5.94. The number of nitrogens with zero attached hydrogens (tertiary/aromatic N) is 1. The Morgan fingerprint density at radius 1 is 0.875 bits per heavy atom. The fraction of sp³-hybridized carbons (Fsp3) is 0.0500. The summed E-state index contributed by atoms with van der Waals surface area (Å²) in [7, 11) is 0. The summed E-state index contributed by atoms with van der Waals surface area (Å²) in [6.45, 7) is 2.08. The van der Waals surface area contributed by atoms with E-state index in [0.29, 0.717) is 5.22 Å². The molecule has 118 valence electrons. The minimum atomic E-state index is 0.385. The van der Waals surface area contributed by atoms with Crippen molar-refractivity contribution in [3.8, 4) is 33.8 Å². The number of halogens is 1. The molecule has 2 nitrogen and oxygen atoms in total. The van der Waals surface area contributed by atoms with Crippen LogP contribution in [0.5, 0.6) is 0 Å². The van der Waals surface area contributed by atoms with Gasteiger partial charge in [0.15, 0.2) is 5.22 Å². The molecule has 3 heterocycles. The lowest BCUT2D eigenvalue weighted by molar-refractivity contribution is 0.584. The van der Waals surface area contributed by atoms with Crippen LogP contribution in [0.25, 0.3) is 33.8 Å². The molecule has 4 rings (SSSR count). The molecule has 0 aliphatic heterocycles. The highest BCUT2D eigenvalue weighted by atomic mass is 35.5. The van der Waals surface area contributed by atoms with Crippen molar-refractivity contribution in [2.75, 3.05) is 0 Å². The molecule has 0 spiro atoms. The van der Waals surface area contributed by atoms with E-state index in [-0.39, 0.29) is 0 Å². The third kappa shape index (κ3) is 3.01. The second kappa shape index (κ2) is 6.27. The Morgan fingerprint density at radius 2 is 1.62 bits per heavy atom. The van der Waals surface area contributed by atoms with Crippen molar-refractivity contribution in [3.05, 3.63) is 76.1 Å². The molecule has 4 aromatic rings. The van der Waals surface area contributed by atoms with E-state index >= 15 is 0 Å². The van der Waals surface area contributed by atoms with Crippen LogP contribution in [0, 0.1) is 6.92 Å². The first kappa shape index (κ1) is 15.2. The van der Waals surface area contributed by atoms with E-state index in [1.165, 1.54) is 5.56 Å². The Morgan fingerprint density at radius 3 is 2.25 bits per heavy atom. The largest absolute Gasteiger partial charge is 0.445 e. The lowest BCUT2D eigenvalue weighted by Gasteiger charge is -2.08. The molecular formula is C20H14ClNOS. The normalized spacial score (nSPS) is 10.9. The highest BCUT2D eigenvalue weighted by molar-refractivity contribution is 7.08. The molecule has 0 aliphatic rings. The van der Waals surface area contributed by atoms with Crippen molar-refractivity contribution in [2.24, 2.45) is 0 Å². The number of rotatable bonds is 3. The minimum Gasteiger partial charge on any atom is -0.445 e. The van der Waals surface area contributed by atoms with Crippen LogP contribution < -0.4 is 0 Å². The van der Waals surface area contributed by atoms with E-state index in [2.05, 4.69) is 48.0 Å². The number of furan rings is 1. The van der Waals surface area contributed by atoms with Gasteiger partial charge >= 0.3 is 0 Å². The Bertz CT molecular complexity index is 971. The Labute approximate surface area is 149 Å². The van der Waals surface area contributed by atoms with Gasteiger partial charge in [0.2, 0.25) is 0 Å². The third-order valence-corrected chi connectivity index (χ3v) is 4.73. The molecule has 0 saturated carbocycles. The summed E-state index contributed by atoms with van der Waals surface area (Å²) >= 11 is 7.60. The molecule has 0 aliphatic carbocycles. The molecule has 0 saturated heterocycles. The summed E-state index contributed by atoms with van der Waals surface area (Å²) in [6.07, 6.45) is 0. The van der Waals surface area contributed by atoms with Gasteiger partial charge in [0.1, 0.15) is 5.76 Å². The number of pyridine rings is 1. The van der Waals surface area contributed by atoms with Crippen LogP contribution in [0.15, 0.2) is 69.8 Å². The first-order chi connectivity index (χ1) is 11.7. The first-order valence-corrected chi connectivity index (χ1v) is 8.88. The molecule has 0 bridgehead atoms. The smallest absolute Gasteiger partial charge is 0.193 e. The van der Waals surface area contributed by atoms with Crippen molar-refractivity contribution in [2.45, 2.75) is 6.92 Å². The molecule has 0 atom stereocenters. The third-order valence-electron chi connectivity index (χ3n) is 3.85. The van der Waals surface area contributed by atoms with Crippen molar-refractivity contribution >= 4 is 22.9 Å². The van der Waals surface area contributed by atoms with Crippen LogP contribution in [0.2, 0.25) is 5.22 Å². The number of hydrogen-bond donors (Lipinski definition) is 0. The van der Waals surface area contributed by atoms with E-state index in [4.69, 9.17) is 21.0 Å². The van der Waals surface area contributed by atoms with Crippen LogP contribution in [-0.2, 0) is 0 Å². The summed E-state index contributed by atoms with van der Waals surface area (Å²) in [4.78, 5) is 4.84. The maximum Gasteiger partial charge on any atom is 0.193 e. The zero-order valence-corrected chi connectivity index (χ0v) is 14.6. The van der Waals surface area contributed by atoms with Crippen LogP contribution in [0.3, 0.4) is 0 Å². The highest BCUT2D eigenvalue weighted by Crippen LogP contribution is 2.32. The van der Waals surface area contributed by atoms with E-state index in [1.54, 1.807) is 17.4 Å². The Hall–Kier alpha value is -2.36. The molecule has 3 aromatic heterocycles. The molecule has 4 heteroatoms. The van der Waals surface area contributed by atoms with E-state index in [9.17, 15) is 0 Å². The Kier molecular flexibility index (Phi) is 3.97. The van der Waals surface area contributed by atoms with Gasteiger partial charge in [-0.2, -0.15) is 11.3 Å². The number of aromatic nitrogens is 1. The summed E-state index contributed by atoms with van der Waals surface area (Å²) < 4.78 is 5.59. The summed E-state index contributed by atoms with van der Waals surface area (Å²) in [5.41, 5.74) is 6.22. The molecule has 0 unspecified atom stereocenters. The lowest BCUT2D eigenvalue weighted by Crippen LogP contribution is -1.90. The second-order valence-electron chi connectivity index (χ2n) is 5.61. The first-order valence-electron chi connectivity index (χ1n) is 7.56. The van der Waals surface area contributed by atoms with Crippen molar-refractivity contribution < 1.29 is 4.42 Å². The van der Waals surface area contributed by atoms with Gasteiger partial charge in [0.25, 0.3) is 0 Å². The van der Waals surface area contributed by atoms with Gasteiger partial charge in [0, 0.05) is 22.1 Å². The standard InChI is InChI=1S/C20H14ClNOS/c1-13-2-4-14(5-3-13)17-10-16(19-6-7-20(21)23-19)11-18(22-17)15-8-9-24-12-15/h2-12H,1H3. The zero-order valence-electron chi connectivity index (χ0n) is 13.0. The Balaban J connectivity index is 1.89. The van der Waals surface area contributed by atoms with E-state index < -0.39 is 0 Å². The zero-order chi connectivity index (χ0) is 16.5. The van der Waals surface area contributed by atoms with Crippen LogP contribution in [0.4, 0.5) is 0 Å². The maximum absolute atomic E-state index is 5.94. The van der Waals surface area contributed by atoms with Crippen LogP contribution in [-0.4, -0.2) is 4.98 Å². The van der Waals surface area contributed by atoms with Crippen molar-refractivity contribution in [3.63, 3.8) is 0 Å². The predicted octanol–water partition coefficient (Wildman–Crippen LogP) is 6.70. The topological polar surface area (TPSA) is 26.0 Å². The number of benzene rings is 1. The van der Waals surface area contributed by atoms with Gasteiger partial charge in [-0.25, -0.2) is 4.98 Å². The molecule has 0 fully saturated rings. The molecule has 0 N–H and O–H groups in total. The highest BCUT2D eigenvalue weighted by Gasteiger charge is 2.11. The average Bonchev–Trinajstić information content (AvgIpc) is 3.27. The fourth-order valence-corrected chi connectivity index (χ4v) is 3.37. The molecular weight excluding hydrogens is 338 g/mol. The van der Waals surface area contributed by atoms with Crippen LogP contribution >= 0.6 is 22.9 Å². The van der Waals surface area contributed by atoms with E-state index in [0.717, 1.165) is 33.8 Å².